The number of nitrogens with zero attached hydrogens (tertiary/aromatic N) is 2. The number of rotatable bonds is 6. The Morgan fingerprint density at radius 1 is 1.13 bits per heavy atom. The first-order valence-corrected chi connectivity index (χ1v) is 7.94. The van der Waals surface area contributed by atoms with E-state index in [-0.39, 0.29) is 5.78 Å². The van der Waals surface area contributed by atoms with Crippen molar-refractivity contribution >= 4 is 17.8 Å². The molecule has 2 aromatic carbocycles. The first kappa shape index (κ1) is 16.9. The molecule has 0 atom stereocenters. The van der Waals surface area contributed by atoms with E-state index in [9.17, 15) is 4.79 Å². The van der Waals surface area contributed by atoms with Gasteiger partial charge in [0.15, 0.2) is 5.78 Å². The lowest BCUT2D eigenvalue weighted by Crippen LogP contribution is -2.14. The number of hydrogen-bond donors (Lipinski definition) is 0. The molecule has 0 aliphatic carbocycles. The van der Waals surface area contributed by atoms with Crippen molar-refractivity contribution in [2.75, 3.05) is 13.6 Å². The number of benzene rings is 2. The average molecular weight is 308 g/mol. The van der Waals surface area contributed by atoms with E-state index >= 15 is 0 Å². The number of aliphatic imine (C=N–C) groups is 1. The summed E-state index contributed by atoms with van der Waals surface area (Å²) in [6.07, 6.45) is 2.26. The molecule has 3 nitrogen and oxygen atoms in total. The molecule has 0 spiro atoms. The summed E-state index contributed by atoms with van der Waals surface area (Å²) in [5, 5.41) is 0. The highest BCUT2D eigenvalue weighted by molar-refractivity contribution is 5.99. The molecule has 0 aliphatic rings. The quantitative estimate of drug-likeness (QED) is 0.452. The van der Waals surface area contributed by atoms with Crippen molar-refractivity contribution in [3.05, 3.63) is 64.7 Å². The zero-order valence-electron chi connectivity index (χ0n) is 14.3. The molecule has 0 radical (unpaired) electrons. The van der Waals surface area contributed by atoms with Gasteiger partial charge in [-0.3, -0.25) is 4.79 Å². The monoisotopic (exact) mass is 308 g/mol. The predicted octanol–water partition coefficient (Wildman–Crippen LogP) is 4.34. The Morgan fingerprint density at radius 3 is 2.48 bits per heavy atom. The average Bonchev–Trinajstić information content (AvgIpc) is 2.55. The number of ketones is 1. The van der Waals surface area contributed by atoms with E-state index in [4.69, 9.17) is 0 Å². The fraction of sp³-hybridized carbons (Fsp3) is 0.300. The predicted molar refractivity (Wildman–Crippen MR) is 96.8 cm³/mol. The van der Waals surface area contributed by atoms with Gasteiger partial charge in [-0.2, -0.15) is 0 Å². The molecular formula is C20H24N2O. The lowest BCUT2D eigenvalue weighted by molar-refractivity contribution is 0.0992. The van der Waals surface area contributed by atoms with Gasteiger partial charge in [0.05, 0.1) is 12.0 Å². The van der Waals surface area contributed by atoms with Gasteiger partial charge in [0.25, 0.3) is 0 Å². The highest BCUT2D eigenvalue weighted by Gasteiger charge is 2.12. The largest absolute Gasteiger partial charge is 0.366 e. The van der Waals surface area contributed by atoms with Crippen LogP contribution in [-0.2, 0) is 6.42 Å². The summed E-state index contributed by atoms with van der Waals surface area (Å²) in [5.41, 5.74) is 4.74. The Morgan fingerprint density at radius 2 is 1.83 bits per heavy atom. The van der Waals surface area contributed by atoms with Gasteiger partial charge in [-0.05, 0) is 49.6 Å². The minimum Gasteiger partial charge on any atom is -0.366 e. The van der Waals surface area contributed by atoms with Crippen molar-refractivity contribution in [2.45, 2.75) is 27.2 Å². The highest BCUT2D eigenvalue weighted by Crippen LogP contribution is 2.24. The molecule has 0 aliphatic heterocycles. The maximum atomic E-state index is 12.6. The Kier molecular flexibility index (Phi) is 5.69. The molecule has 3 heteroatoms. The van der Waals surface area contributed by atoms with Crippen molar-refractivity contribution < 1.29 is 4.79 Å². The minimum absolute atomic E-state index is 0.151. The van der Waals surface area contributed by atoms with Gasteiger partial charge in [-0.25, -0.2) is 4.99 Å². The normalized spacial score (nSPS) is 11.0. The lowest BCUT2D eigenvalue weighted by Gasteiger charge is -2.11. The Labute approximate surface area is 138 Å². The Bertz CT molecular complexity index is 705. The van der Waals surface area contributed by atoms with Crippen LogP contribution in [0.2, 0.25) is 0 Å². The second kappa shape index (κ2) is 7.73. The number of carbonyl (C=O) groups excluding carboxylic acids is 1. The first-order chi connectivity index (χ1) is 11.0. The molecule has 0 aromatic heterocycles. The SMILES string of the molecule is CCN(C)C=Nc1cc(C)c(C(=O)Cc2ccccc2)cc1C. The number of carbonyl (C=O) groups is 1. The smallest absolute Gasteiger partial charge is 0.167 e. The summed E-state index contributed by atoms with van der Waals surface area (Å²) in [7, 11) is 1.99. The third-order valence-electron chi connectivity index (χ3n) is 3.94. The number of Topliss-reactive ketones (excluding diaryl/α,β-unsaturated/α-hetero) is 1. The van der Waals surface area contributed by atoms with Crippen LogP contribution in [0, 0.1) is 13.8 Å². The molecule has 23 heavy (non-hydrogen) atoms. The molecule has 0 amide bonds. The van der Waals surface area contributed by atoms with E-state index in [2.05, 4.69) is 11.9 Å². The third-order valence-corrected chi connectivity index (χ3v) is 3.94. The molecule has 120 valence electrons. The van der Waals surface area contributed by atoms with Crippen LogP contribution in [-0.4, -0.2) is 30.6 Å². The van der Waals surface area contributed by atoms with E-state index in [0.29, 0.717) is 6.42 Å². The van der Waals surface area contributed by atoms with Gasteiger partial charge in [0.1, 0.15) is 0 Å². The summed E-state index contributed by atoms with van der Waals surface area (Å²) >= 11 is 0. The van der Waals surface area contributed by atoms with Crippen molar-refractivity contribution in [3.63, 3.8) is 0 Å². The van der Waals surface area contributed by atoms with Crippen molar-refractivity contribution in [3.8, 4) is 0 Å². The second-order valence-corrected chi connectivity index (χ2v) is 5.86. The molecule has 0 saturated heterocycles. The molecular weight excluding hydrogens is 284 g/mol. The molecule has 2 aromatic rings. The van der Waals surface area contributed by atoms with Crippen LogP contribution in [0.5, 0.6) is 0 Å². The molecule has 0 unspecified atom stereocenters. The fourth-order valence-electron chi connectivity index (χ4n) is 2.36. The zero-order chi connectivity index (χ0) is 16.8. The van der Waals surface area contributed by atoms with Crippen LogP contribution >= 0.6 is 0 Å². The van der Waals surface area contributed by atoms with Crippen LogP contribution in [0.15, 0.2) is 47.5 Å². The van der Waals surface area contributed by atoms with Gasteiger partial charge >= 0.3 is 0 Å². The standard InChI is InChI=1S/C20H24N2O/c1-5-22(4)14-21-19-12-15(2)18(11-16(19)3)20(23)13-17-9-7-6-8-10-17/h6-12,14H,5,13H2,1-4H3. The van der Waals surface area contributed by atoms with Crippen LogP contribution in [0.25, 0.3) is 0 Å². The van der Waals surface area contributed by atoms with Crippen molar-refractivity contribution in [1.29, 1.82) is 0 Å². The van der Waals surface area contributed by atoms with E-state index in [1.165, 1.54) is 0 Å². The van der Waals surface area contributed by atoms with E-state index in [0.717, 1.165) is 34.5 Å². The summed E-state index contributed by atoms with van der Waals surface area (Å²) in [6.45, 7) is 6.96. The Hall–Kier alpha value is -2.42. The van der Waals surface area contributed by atoms with Crippen LogP contribution in [0.4, 0.5) is 5.69 Å². The number of hydrogen-bond acceptors (Lipinski definition) is 2. The molecule has 0 heterocycles. The van der Waals surface area contributed by atoms with Crippen LogP contribution < -0.4 is 0 Å². The third kappa shape index (κ3) is 4.52. The molecule has 0 N–H and O–H groups in total. The minimum atomic E-state index is 0.151. The fourth-order valence-corrected chi connectivity index (χ4v) is 2.36. The summed E-state index contributed by atoms with van der Waals surface area (Å²) in [4.78, 5) is 19.1. The first-order valence-electron chi connectivity index (χ1n) is 7.94. The summed E-state index contributed by atoms with van der Waals surface area (Å²) < 4.78 is 0. The lowest BCUT2D eigenvalue weighted by atomic mass is 9.96. The van der Waals surface area contributed by atoms with Gasteiger partial charge in [-0.15, -0.1) is 0 Å². The summed E-state index contributed by atoms with van der Waals surface area (Å²) in [5.74, 6) is 0.151. The highest BCUT2D eigenvalue weighted by atomic mass is 16.1. The van der Waals surface area contributed by atoms with Gasteiger partial charge < -0.3 is 4.90 Å². The zero-order valence-corrected chi connectivity index (χ0v) is 14.3. The van der Waals surface area contributed by atoms with Crippen LogP contribution in [0.3, 0.4) is 0 Å². The van der Waals surface area contributed by atoms with Gasteiger partial charge in [-0.1, -0.05) is 30.3 Å². The van der Waals surface area contributed by atoms with E-state index < -0.39 is 0 Å². The second-order valence-electron chi connectivity index (χ2n) is 5.86. The topological polar surface area (TPSA) is 32.7 Å². The van der Waals surface area contributed by atoms with Gasteiger partial charge in [0, 0.05) is 25.6 Å². The number of aryl methyl sites for hydroxylation is 2. The van der Waals surface area contributed by atoms with Crippen LogP contribution in [0.1, 0.15) is 34.0 Å². The van der Waals surface area contributed by atoms with E-state index in [1.807, 2.05) is 74.6 Å². The maximum Gasteiger partial charge on any atom is 0.167 e. The van der Waals surface area contributed by atoms with Crippen molar-refractivity contribution in [2.24, 2.45) is 4.99 Å². The van der Waals surface area contributed by atoms with Crippen molar-refractivity contribution in [1.82, 2.24) is 4.90 Å². The van der Waals surface area contributed by atoms with E-state index in [1.54, 1.807) is 0 Å². The molecule has 2 rings (SSSR count). The molecule has 0 bridgehead atoms. The summed E-state index contributed by atoms with van der Waals surface area (Å²) in [6, 6.07) is 13.8. The molecule has 0 fully saturated rings. The maximum absolute atomic E-state index is 12.6. The molecule has 0 saturated carbocycles. The van der Waals surface area contributed by atoms with Gasteiger partial charge in [0.2, 0.25) is 0 Å². The Balaban J connectivity index is 2.22.